The lowest BCUT2D eigenvalue weighted by molar-refractivity contribution is 0.0939. The molecule has 76 valence electrons. The second-order valence-corrected chi connectivity index (χ2v) is 3.47. The summed E-state index contributed by atoms with van der Waals surface area (Å²) < 4.78 is 0. The van der Waals surface area contributed by atoms with Gasteiger partial charge in [-0.15, -0.1) is 0 Å². The van der Waals surface area contributed by atoms with Gasteiger partial charge in [0.15, 0.2) is 0 Å². The molecule has 1 atom stereocenters. The maximum atomic E-state index is 11.6. The number of hydrogen-bond donors (Lipinski definition) is 1. The average Bonchev–Trinajstić information content (AvgIpc) is 2.18. The van der Waals surface area contributed by atoms with Crippen molar-refractivity contribution in [3.05, 3.63) is 29.6 Å². The maximum Gasteiger partial charge on any atom is 0.253 e. The molecule has 0 bridgehead atoms. The predicted molar refractivity (Wildman–Crippen MR) is 56.2 cm³/mol. The van der Waals surface area contributed by atoms with Crippen molar-refractivity contribution in [2.45, 2.75) is 33.2 Å². The topological polar surface area (TPSA) is 42.0 Å². The second-order valence-electron chi connectivity index (χ2n) is 3.47. The molecule has 0 aliphatic heterocycles. The molecule has 1 aromatic rings. The number of rotatable bonds is 3. The summed E-state index contributed by atoms with van der Waals surface area (Å²) in [4.78, 5) is 15.6. The van der Waals surface area contributed by atoms with Crippen LogP contribution >= 0.6 is 0 Å². The number of nitrogens with one attached hydrogen (secondary N) is 1. The van der Waals surface area contributed by atoms with E-state index in [9.17, 15) is 4.79 Å². The lowest BCUT2D eigenvalue weighted by Crippen LogP contribution is -2.31. The summed E-state index contributed by atoms with van der Waals surface area (Å²) in [5, 5.41) is 2.89. The third-order valence-corrected chi connectivity index (χ3v) is 2.16. The summed E-state index contributed by atoms with van der Waals surface area (Å²) in [7, 11) is 0. The number of hydrogen-bond acceptors (Lipinski definition) is 2. The summed E-state index contributed by atoms with van der Waals surface area (Å²) in [6, 6.07) is 3.84. The molecule has 14 heavy (non-hydrogen) atoms. The van der Waals surface area contributed by atoms with Gasteiger partial charge in [0.1, 0.15) is 0 Å². The standard InChI is InChI=1S/C11H16N2O/c1-4-8(2)13-11(14)10-6-5-9(3)12-7-10/h5-8H,4H2,1-3H3,(H,13,14). The second kappa shape index (κ2) is 4.74. The molecule has 1 N–H and O–H groups in total. The molecule has 1 heterocycles. The highest BCUT2D eigenvalue weighted by Crippen LogP contribution is 2.00. The van der Waals surface area contributed by atoms with Crippen LogP contribution in [0.15, 0.2) is 18.3 Å². The van der Waals surface area contributed by atoms with Gasteiger partial charge in [-0.1, -0.05) is 6.92 Å². The zero-order valence-corrected chi connectivity index (χ0v) is 8.87. The molecule has 0 aliphatic rings. The van der Waals surface area contributed by atoms with E-state index in [2.05, 4.69) is 10.3 Å². The van der Waals surface area contributed by atoms with E-state index in [0.717, 1.165) is 12.1 Å². The van der Waals surface area contributed by atoms with E-state index in [-0.39, 0.29) is 11.9 Å². The lowest BCUT2D eigenvalue weighted by atomic mass is 10.2. The van der Waals surface area contributed by atoms with Crippen LogP contribution < -0.4 is 5.32 Å². The molecule has 1 aromatic heterocycles. The summed E-state index contributed by atoms with van der Waals surface area (Å²) in [6.07, 6.45) is 2.54. The van der Waals surface area contributed by atoms with Gasteiger partial charge >= 0.3 is 0 Å². The van der Waals surface area contributed by atoms with Gasteiger partial charge in [-0.25, -0.2) is 0 Å². The van der Waals surface area contributed by atoms with Gasteiger partial charge in [-0.2, -0.15) is 0 Å². The number of nitrogens with zero attached hydrogens (tertiary/aromatic N) is 1. The summed E-state index contributed by atoms with van der Waals surface area (Å²) >= 11 is 0. The van der Waals surface area contributed by atoms with Gasteiger partial charge in [-0.3, -0.25) is 9.78 Å². The molecule has 0 aliphatic carbocycles. The van der Waals surface area contributed by atoms with Gasteiger partial charge in [0.25, 0.3) is 5.91 Å². The Morgan fingerprint density at radius 2 is 2.29 bits per heavy atom. The minimum Gasteiger partial charge on any atom is -0.350 e. The zero-order valence-electron chi connectivity index (χ0n) is 8.87. The lowest BCUT2D eigenvalue weighted by Gasteiger charge is -2.10. The minimum absolute atomic E-state index is 0.0492. The first-order valence-electron chi connectivity index (χ1n) is 4.87. The third-order valence-electron chi connectivity index (χ3n) is 2.16. The molecule has 0 fully saturated rings. The van der Waals surface area contributed by atoms with Crippen LogP contribution in [-0.4, -0.2) is 16.9 Å². The van der Waals surface area contributed by atoms with Crippen LogP contribution in [0.1, 0.15) is 36.3 Å². The van der Waals surface area contributed by atoms with E-state index >= 15 is 0 Å². The molecule has 0 saturated heterocycles. The molecule has 1 amide bonds. The predicted octanol–water partition coefficient (Wildman–Crippen LogP) is 1.92. The van der Waals surface area contributed by atoms with Crippen molar-refractivity contribution < 1.29 is 4.79 Å². The van der Waals surface area contributed by atoms with Gasteiger partial charge in [0.2, 0.25) is 0 Å². The fourth-order valence-corrected chi connectivity index (χ4v) is 1.01. The van der Waals surface area contributed by atoms with Crippen LogP contribution in [-0.2, 0) is 0 Å². The van der Waals surface area contributed by atoms with Gasteiger partial charge in [0, 0.05) is 17.9 Å². The summed E-state index contributed by atoms with van der Waals surface area (Å²) in [5.41, 5.74) is 1.54. The molecular weight excluding hydrogens is 176 g/mol. The quantitative estimate of drug-likeness (QED) is 0.795. The third kappa shape index (κ3) is 2.83. The molecular formula is C11H16N2O. The van der Waals surface area contributed by atoms with Crippen molar-refractivity contribution >= 4 is 5.91 Å². The molecule has 3 nitrogen and oxygen atoms in total. The Kier molecular flexibility index (Phi) is 3.63. The number of amides is 1. The van der Waals surface area contributed by atoms with Crippen LogP contribution in [0.3, 0.4) is 0 Å². The fourth-order valence-electron chi connectivity index (χ4n) is 1.01. The van der Waals surface area contributed by atoms with Gasteiger partial charge < -0.3 is 5.32 Å². The van der Waals surface area contributed by atoms with E-state index in [1.54, 1.807) is 12.3 Å². The SMILES string of the molecule is CCC(C)NC(=O)c1ccc(C)nc1. The highest BCUT2D eigenvalue weighted by atomic mass is 16.1. The van der Waals surface area contributed by atoms with E-state index in [1.165, 1.54) is 0 Å². The molecule has 0 saturated carbocycles. The minimum atomic E-state index is -0.0492. The van der Waals surface area contributed by atoms with Crippen molar-refractivity contribution in [3.63, 3.8) is 0 Å². The Labute approximate surface area is 84.6 Å². The molecule has 3 heteroatoms. The Bertz CT molecular complexity index is 306. The highest BCUT2D eigenvalue weighted by molar-refractivity contribution is 5.94. The molecule has 0 spiro atoms. The van der Waals surface area contributed by atoms with Crippen molar-refractivity contribution in [2.75, 3.05) is 0 Å². The zero-order chi connectivity index (χ0) is 10.6. The Morgan fingerprint density at radius 1 is 1.57 bits per heavy atom. The van der Waals surface area contributed by atoms with E-state index in [1.807, 2.05) is 26.8 Å². The summed E-state index contributed by atoms with van der Waals surface area (Å²) in [5.74, 6) is -0.0492. The van der Waals surface area contributed by atoms with E-state index < -0.39 is 0 Å². The Balaban J connectivity index is 2.65. The van der Waals surface area contributed by atoms with Gasteiger partial charge in [0.05, 0.1) is 5.56 Å². The van der Waals surface area contributed by atoms with Crippen LogP contribution in [0.5, 0.6) is 0 Å². The normalized spacial score (nSPS) is 12.2. The number of pyridine rings is 1. The van der Waals surface area contributed by atoms with Gasteiger partial charge in [-0.05, 0) is 32.4 Å². The van der Waals surface area contributed by atoms with Crippen molar-refractivity contribution in [2.24, 2.45) is 0 Å². The highest BCUT2D eigenvalue weighted by Gasteiger charge is 2.07. The number of carbonyl (C=O) groups is 1. The van der Waals surface area contributed by atoms with Crippen molar-refractivity contribution in [1.82, 2.24) is 10.3 Å². The van der Waals surface area contributed by atoms with Crippen LogP contribution in [0.2, 0.25) is 0 Å². The first-order chi connectivity index (χ1) is 6.63. The fraction of sp³-hybridized carbons (Fsp3) is 0.455. The van der Waals surface area contributed by atoms with Crippen LogP contribution in [0.4, 0.5) is 0 Å². The Hall–Kier alpha value is -1.38. The van der Waals surface area contributed by atoms with E-state index in [4.69, 9.17) is 0 Å². The monoisotopic (exact) mass is 192 g/mol. The molecule has 0 aromatic carbocycles. The Morgan fingerprint density at radius 3 is 2.79 bits per heavy atom. The number of carbonyl (C=O) groups excluding carboxylic acids is 1. The molecule has 1 unspecified atom stereocenters. The molecule has 1 rings (SSSR count). The number of aromatic nitrogens is 1. The number of aryl methyl sites for hydroxylation is 1. The molecule has 0 radical (unpaired) electrons. The largest absolute Gasteiger partial charge is 0.350 e. The smallest absolute Gasteiger partial charge is 0.253 e. The maximum absolute atomic E-state index is 11.6. The average molecular weight is 192 g/mol. The first kappa shape index (κ1) is 10.7. The van der Waals surface area contributed by atoms with Crippen molar-refractivity contribution in [3.8, 4) is 0 Å². The summed E-state index contributed by atoms with van der Waals surface area (Å²) in [6.45, 7) is 5.92. The van der Waals surface area contributed by atoms with Crippen molar-refractivity contribution in [1.29, 1.82) is 0 Å². The van der Waals surface area contributed by atoms with Crippen LogP contribution in [0, 0.1) is 6.92 Å². The van der Waals surface area contributed by atoms with E-state index in [0.29, 0.717) is 5.56 Å². The van der Waals surface area contributed by atoms with Crippen LogP contribution in [0.25, 0.3) is 0 Å². The first-order valence-corrected chi connectivity index (χ1v) is 4.87.